The van der Waals surface area contributed by atoms with Crippen molar-refractivity contribution in [2.75, 3.05) is 0 Å². The molecule has 0 fully saturated rings. The molecule has 104 valence electrons. The van der Waals surface area contributed by atoms with E-state index in [4.69, 9.17) is 0 Å². The molecule has 0 atom stereocenters. The van der Waals surface area contributed by atoms with Crippen LogP contribution in [0.2, 0.25) is 0 Å². The van der Waals surface area contributed by atoms with Crippen LogP contribution in [0.15, 0.2) is 48.5 Å². The molecule has 2 aromatic rings. The van der Waals surface area contributed by atoms with Crippen LogP contribution in [0.4, 0.5) is 0 Å². The highest BCUT2D eigenvalue weighted by molar-refractivity contribution is 5.51. The lowest BCUT2D eigenvalue weighted by Crippen LogP contribution is -2.23. The van der Waals surface area contributed by atoms with Gasteiger partial charge in [0.15, 0.2) is 0 Å². The molecule has 0 unspecified atom stereocenters. The molecular formula is C17H18O3. The average Bonchev–Trinajstić information content (AvgIpc) is 2.46. The van der Waals surface area contributed by atoms with Gasteiger partial charge in [-0.1, -0.05) is 31.2 Å². The second kappa shape index (κ2) is 5.78. The summed E-state index contributed by atoms with van der Waals surface area (Å²) in [6.07, 6.45) is 2.05. The highest BCUT2D eigenvalue weighted by Gasteiger charge is 2.28. The van der Waals surface area contributed by atoms with E-state index in [1.165, 1.54) is 0 Å². The molecule has 2 rings (SSSR count). The van der Waals surface area contributed by atoms with E-state index in [1.54, 1.807) is 24.3 Å². The summed E-state index contributed by atoms with van der Waals surface area (Å²) in [6.45, 7) is 2.06. The zero-order valence-corrected chi connectivity index (χ0v) is 11.4. The molecule has 0 spiro atoms. The third kappa shape index (κ3) is 2.82. The Kier molecular flexibility index (Phi) is 4.08. The van der Waals surface area contributed by atoms with Gasteiger partial charge in [-0.15, -0.1) is 0 Å². The number of carbonyl (C=O) groups is 1. The van der Waals surface area contributed by atoms with E-state index in [1.807, 2.05) is 24.3 Å². The Bertz CT molecular complexity index is 525. The Morgan fingerprint density at radius 2 is 1.30 bits per heavy atom. The molecule has 0 aliphatic carbocycles. The highest BCUT2D eigenvalue weighted by Crippen LogP contribution is 2.37. The lowest BCUT2D eigenvalue weighted by molar-refractivity contribution is -0.108. The Morgan fingerprint density at radius 1 is 0.900 bits per heavy atom. The van der Waals surface area contributed by atoms with Crippen LogP contribution in [0.25, 0.3) is 0 Å². The molecule has 3 nitrogen and oxygen atoms in total. The Balaban J connectivity index is 2.46. The van der Waals surface area contributed by atoms with E-state index in [2.05, 4.69) is 6.92 Å². The predicted molar refractivity (Wildman–Crippen MR) is 78.0 cm³/mol. The van der Waals surface area contributed by atoms with Gasteiger partial charge in [0.05, 0.1) is 0 Å². The normalized spacial score (nSPS) is 11.2. The van der Waals surface area contributed by atoms with Crippen molar-refractivity contribution in [1.82, 2.24) is 0 Å². The van der Waals surface area contributed by atoms with E-state index in [0.717, 1.165) is 17.4 Å². The monoisotopic (exact) mass is 270 g/mol. The minimum atomic E-state index is -0.331. The molecule has 0 radical (unpaired) electrons. The van der Waals surface area contributed by atoms with E-state index in [0.29, 0.717) is 12.8 Å². The quantitative estimate of drug-likeness (QED) is 0.819. The molecule has 0 aliphatic rings. The highest BCUT2D eigenvalue weighted by atomic mass is 16.3. The van der Waals surface area contributed by atoms with Crippen LogP contribution in [-0.2, 0) is 10.2 Å². The number of benzene rings is 2. The lowest BCUT2D eigenvalue weighted by atomic mass is 9.73. The summed E-state index contributed by atoms with van der Waals surface area (Å²) in [7, 11) is 0. The number of aromatic hydroxyl groups is 2. The van der Waals surface area contributed by atoms with Crippen molar-refractivity contribution >= 4 is 6.29 Å². The van der Waals surface area contributed by atoms with Gasteiger partial charge in [0.1, 0.15) is 17.8 Å². The van der Waals surface area contributed by atoms with Gasteiger partial charge < -0.3 is 15.0 Å². The van der Waals surface area contributed by atoms with E-state index in [-0.39, 0.29) is 16.9 Å². The maximum Gasteiger partial charge on any atom is 0.120 e. The first-order valence-electron chi connectivity index (χ1n) is 6.59. The zero-order chi connectivity index (χ0) is 14.6. The third-order valence-electron chi connectivity index (χ3n) is 3.77. The molecular weight excluding hydrogens is 252 g/mol. The van der Waals surface area contributed by atoms with Crippen molar-refractivity contribution in [2.45, 2.75) is 25.2 Å². The van der Waals surface area contributed by atoms with Gasteiger partial charge in [0, 0.05) is 11.8 Å². The fourth-order valence-electron chi connectivity index (χ4n) is 2.46. The summed E-state index contributed by atoms with van der Waals surface area (Å²) in [5.41, 5.74) is 1.73. The van der Waals surface area contributed by atoms with Gasteiger partial charge in [-0.3, -0.25) is 0 Å². The first-order chi connectivity index (χ1) is 9.56. The third-order valence-corrected chi connectivity index (χ3v) is 3.77. The smallest absolute Gasteiger partial charge is 0.120 e. The van der Waals surface area contributed by atoms with Crippen molar-refractivity contribution < 1.29 is 15.0 Å². The van der Waals surface area contributed by atoms with E-state index < -0.39 is 0 Å². The van der Waals surface area contributed by atoms with Crippen LogP contribution in [0.3, 0.4) is 0 Å². The molecule has 2 N–H and O–H groups in total. The zero-order valence-electron chi connectivity index (χ0n) is 11.4. The molecule has 20 heavy (non-hydrogen) atoms. The number of aldehydes is 1. The van der Waals surface area contributed by atoms with Crippen LogP contribution in [0, 0.1) is 0 Å². The number of phenolic OH excluding ortho intramolecular Hbond substituents is 2. The first-order valence-corrected chi connectivity index (χ1v) is 6.59. The maximum absolute atomic E-state index is 10.7. The van der Waals surface area contributed by atoms with Gasteiger partial charge in [0.2, 0.25) is 0 Å². The topological polar surface area (TPSA) is 57.5 Å². The molecule has 2 aromatic carbocycles. The minimum absolute atomic E-state index is 0.220. The van der Waals surface area contributed by atoms with Crippen LogP contribution < -0.4 is 0 Å². The Labute approximate surface area is 118 Å². The van der Waals surface area contributed by atoms with Crippen molar-refractivity contribution in [3.8, 4) is 11.5 Å². The summed E-state index contributed by atoms with van der Waals surface area (Å²) in [6, 6.07) is 14.1. The fourth-order valence-corrected chi connectivity index (χ4v) is 2.46. The van der Waals surface area contributed by atoms with E-state index in [9.17, 15) is 15.0 Å². The lowest BCUT2D eigenvalue weighted by Gasteiger charge is -2.30. The summed E-state index contributed by atoms with van der Waals surface area (Å²) >= 11 is 0. The molecule has 0 saturated heterocycles. The summed E-state index contributed by atoms with van der Waals surface area (Å²) in [5.74, 6) is 0.439. The number of carbonyl (C=O) groups excluding carboxylic acids is 1. The largest absolute Gasteiger partial charge is 0.508 e. The summed E-state index contributed by atoms with van der Waals surface area (Å²) in [4.78, 5) is 10.7. The summed E-state index contributed by atoms with van der Waals surface area (Å²) in [5, 5.41) is 18.8. The van der Waals surface area contributed by atoms with Crippen LogP contribution in [0.1, 0.15) is 30.9 Å². The minimum Gasteiger partial charge on any atom is -0.508 e. The van der Waals surface area contributed by atoms with Crippen molar-refractivity contribution in [1.29, 1.82) is 0 Å². The SMILES string of the molecule is CC(CCC=O)(c1ccc(O)cc1)c1ccc(O)cc1. The van der Waals surface area contributed by atoms with E-state index >= 15 is 0 Å². The molecule has 3 heteroatoms. The molecule has 0 bridgehead atoms. The molecule has 0 amide bonds. The van der Waals surface area contributed by atoms with Crippen LogP contribution >= 0.6 is 0 Å². The second-order valence-electron chi connectivity index (χ2n) is 5.13. The average molecular weight is 270 g/mol. The Hall–Kier alpha value is -2.29. The first kappa shape index (κ1) is 14.1. The molecule has 0 aromatic heterocycles. The number of hydrogen-bond acceptors (Lipinski definition) is 3. The van der Waals surface area contributed by atoms with Crippen molar-refractivity contribution in [3.05, 3.63) is 59.7 Å². The number of phenols is 2. The number of hydrogen-bond donors (Lipinski definition) is 2. The van der Waals surface area contributed by atoms with Gasteiger partial charge in [-0.2, -0.15) is 0 Å². The standard InChI is InChI=1S/C17H18O3/c1-17(11-2-12-18,13-3-7-15(19)8-4-13)14-5-9-16(20)10-6-14/h3-10,12,19-20H,2,11H2,1H3. The molecule has 0 heterocycles. The van der Waals surface area contributed by atoms with Crippen molar-refractivity contribution in [2.24, 2.45) is 0 Å². The summed E-state index contributed by atoms with van der Waals surface area (Å²) < 4.78 is 0. The fraction of sp³-hybridized carbons (Fsp3) is 0.235. The Morgan fingerprint density at radius 3 is 1.65 bits per heavy atom. The predicted octanol–water partition coefficient (Wildman–Crippen LogP) is 3.38. The van der Waals surface area contributed by atoms with Crippen molar-refractivity contribution in [3.63, 3.8) is 0 Å². The second-order valence-corrected chi connectivity index (χ2v) is 5.13. The number of rotatable bonds is 5. The van der Waals surface area contributed by atoms with Gasteiger partial charge >= 0.3 is 0 Å². The van der Waals surface area contributed by atoms with Gasteiger partial charge in [-0.05, 0) is 41.8 Å². The van der Waals surface area contributed by atoms with Crippen LogP contribution in [-0.4, -0.2) is 16.5 Å². The molecule has 0 aliphatic heterocycles. The van der Waals surface area contributed by atoms with Gasteiger partial charge in [0.25, 0.3) is 0 Å². The van der Waals surface area contributed by atoms with Gasteiger partial charge in [-0.25, -0.2) is 0 Å². The van der Waals surface area contributed by atoms with Crippen LogP contribution in [0.5, 0.6) is 11.5 Å². The maximum atomic E-state index is 10.7. The molecule has 0 saturated carbocycles.